The maximum Gasteiger partial charge on any atom is 0.260 e. The van der Waals surface area contributed by atoms with Gasteiger partial charge >= 0.3 is 0 Å². The highest BCUT2D eigenvalue weighted by atomic mass is 32.1. The van der Waals surface area contributed by atoms with Crippen LogP contribution < -0.4 is 11.3 Å². The van der Waals surface area contributed by atoms with Crippen LogP contribution in [-0.4, -0.2) is 26.8 Å². The van der Waals surface area contributed by atoms with E-state index in [-0.39, 0.29) is 11.5 Å². The minimum Gasteiger partial charge on any atom is -0.368 e. The van der Waals surface area contributed by atoms with Gasteiger partial charge in [0.2, 0.25) is 5.91 Å². The van der Waals surface area contributed by atoms with Crippen molar-refractivity contribution < 1.29 is 4.79 Å². The molecule has 3 N–H and O–H groups in total. The second kappa shape index (κ2) is 7.46. The number of primary amides is 1. The fraction of sp³-hybridized carbons (Fsp3) is 0.227. The van der Waals surface area contributed by atoms with Gasteiger partial charge in [0.1, 0.15) is 10.7 Å². The Morgan fingerprint density at radius 1 is 1.27 bits per heavy atom. The molecule has 6 nitrogen and oxygen atoms in total. The van der Waals surface area contributed by atoms with Crippen LogP contribution in [0.5, 0.6) is 0 Å². The molecule has 0 radical (unpaired) electrons. The summed E-state index contributed by atoms with van der Waals surface area (Å²) in [5, 5.41) is 2.62. The minimum atomic E-state index is -0.422. The summed E-state index contributed by atoms with van der Waals surface area (Å²) >= 11 is 3.13. The number of aromatic nitrogens is 2. The number of nitrogens with one attached hydrogen (secondary N) is 1. The maximum atomic E-state index is 12.9. The molecule has 0 saturated carbocycles. The number of nitrogens with zero attached hydrogens (tertiary/aromatic N) is 2. The van der Waals surface area contributed by atoms with Crippen LogP contribution in [0.15, 0.2) is 46.6 Å². The summed E-state index contributed by atoms with van der Waals surface area (Å²) in [6.07, 6.45) is 0.568. The van der Waals surface area contributed by atoms with Crippen LogP contribution >= 0.6 is 22.7 Å². The zero-order valence-corrected chi connectivity index (χ0v) is 18.0. The third-order valence-corrected chi connectivity index (χ3v) is 7.43. The lowest BCUT2D eigenvalue weighted by Crippen LogP contribution is -2.48. The Morgan fingerprint density at radius 3 is 2.80 bits per heavy atom. The number of carbonyl (C=O) groups excluding carboxylic acids is 1. The molecule has 8 heteroatoms. The number of thiophene rings is 2. The van der Waals surface area contributed by atoms with Crippen molar-refractivity contribution in [1.29, 1.82) is 0 Å². The van der Waals surface area contributed by atoms with E-state index in [1.807, 2.05) is 34.5 Å². The van der Waals surface area contributed by atoms with Gasteiger partial charge in [-0.2, -0.15) is 0 Å². The van der Waals surface area contributed by atoms with E-state index in [1.54, 1.807) is 11.3 Å². The SMILES string of the molecule is Cc1ccc(-c2csc3nc(CN4Cc5ccccc5C[C@@H]4C(N)=O)[nH]c(=O)c23)s1. The Hall–Kier alpha value is -2.81. The van der Waals surface area contributed by atoms with Gasteiger partial charge < -0.3 is 10.7 Å². The number of nitrogens with two attached hydrogens (primary N) is 1. The number of aryl methyl sites for hydroxylation is 1. The molecule has 152 valence electrons. The summed E-state index contributed by atoms with van der Waals surface area (Å²) in [7, 11) is 0. The molecule has 0 aliphatic carbocycles. The Morgan fingerprint density at radius 2 is 2.07 bits per heavy atom. The van der Waals surface area contributed by atoms with Gasteiger partial charge in [0.05, 0.1) is 18.0 Å². The van der Waals surface area contributed by atoms with Crippen LogP contribution in [0.4, 0.5) is 0 Å². The first-order valence-electron chi connectivity index (χ1n) is 9.67. The summed E-state index contributed by atoms with van der Waals surface area (Å²) in [4.78, 5) is 37.6. The van der Waals surface area contributed by atoms with Gasteiger partial charge in [0.15, 0.2) is 0 Å². The highest BCUT2D eigenvalue weighted by molar-refractivity contribution is 7.19. The number of rotatable bonds is 4. The van der Waals surface area contributed by atoms with Crippen molar-refractivity contribution in [2.75, 3.05) is 0 Å². The van der Waals surface area contributed by atoms with Crippen molar-refractivity contribution in [2.45, 2.75) is 32.5 Å². The molecule has 0 unspecified atom stereocenters. The fourth-order valence-electron chi connectivity index (χ4n) is 4.05. The van der Waals surface area contributed by atoms with Crippen LogP contribution in [0.3, 0.4) is 0 Å². The number of H-pyrrole nitrogens is 1. The van der Waals surface area contributed by atoms with Crippen LogP contribution in [0, 0.1) is 6.92 Å². The van der Waals surface area contributed by atoms with Crippen molar-refractivity contribution in [3.63, 3.8) is 0 Å². The molecule has 0 spiro atoms. The van der Waals surface area contributed by atoms with Gasteiger partial charge in [-0.25, -0.2) is 4.98 Å². The van der Waals surface area contributed by atoms with Gasteiger partial charge in [-0.15, -0.1) is 22.7 Å². The van der Waals surface area contributed by atoms with Crippen LogP contribution in [0.1, 0.15) is 21.8 Å². The Kier molecular flexibility index (Phi) is 4.77. The van der Waals surface area contributed by atoms with Gasteiger partial charge in [-0.05, 0) is 36.6 Å². The van der Waals surface area contributed by atoms with Crippen molar-refractivity contribution >= 4 is 38.8 Å². The molecule has 4 aromatic rings. The zero-order valence-electron chi connectivity index (χ0n) is 16.3. The lowest BCUT2D eigenvalue weighted by molar-refractivity contribution is -0.124. The molecule has 1 aliphatic heterocycles. The fourth-order valence-corrected chi connectivity index (χ4v) is 5.97. The summed E-state index contributed by atoms with van der Waals surface area (Å²) in [6.45, 7) is 3.00. The van der Waals surface area contributed by atoms with Crippen LogP contribution in [-0.2, 0) is 24.3 Å². The largest absolute Gasteiger partial charge is 0.368 e. The van der Waals surface area contributed by atoms with Gasteiger partial charge in [0.25, 0.3) is 5.56 Å². The van der Waals surface area contributed by atoms with E-state index in [9.17, 15) is 9.59 Å². The molecular weight excluding hydrogens is 416 g/mol. The third kappa shape index (κ3) is 3.36. The average molecular weight is 437 g/mol. The number of carbonyl (C=O) groups is 1. The Bertz CT molecular complexity index is 1320. The number of amides is 1. The quantitative estimate of drug-likeness (QED) is 0.513. The van der Waals surface area contributed by atoms with Crippen molar-refractivity contribution in [2.24, 2.45) is 5.73 Å². The molecule has 1 atom stereocenters. The lowest BCUT2D eigenvalue weighted by Gasteiger charge is -2.34. The second-order valence-electron chi connectivity index (χ2n) is 7.55. The van der Waals surface area contributed by atoms with E-state index in [4.69, 9.17) is 10.7 Å². The molecule has 0 saturated heterocycles. The van der Waals surface area contributed by atoms with Crippen molar-refractivity contribution in [1.82, 2.24) is 14.9 Å². The first kappa shape index (κ1) is 19.2. The normalized spacial score (nSPS) is 16.6. The summed E-state index contributed by atoms with van der Waals surface area (Å²) in [5.41, 5.74) is 8.78. The van der Waals surface area contributed by atoms with E-state index < -0.39 is 6.04 Å². The standard InChI is InChI=1S/C22H20N4O2S2/c1-12-6-7-17(30-12)15-11-29-22-19(15)21(28)24-18(25-22)10-26-9-14-5-3-2-4-13(14)8-16(26)20(23)27/h2-7,11,16H,8-10H2,1H3,(H2,23,27)(H,24,25,28)/t16-/m1/s1. The molecule has 3 aromatic heterocycles. The lowest BCUT2D eigenvalue weighted by atomic mass is 9.93. The summed E-state index contributed by atoms with van der Waals surface area (Å²) in [6, 6.07) is 11.7. The van der Waals surface area contributed by atoms with Crippen molar-refractivity contribution in [3.8, 4) is 10.4 Å². The van der Waals surface area contributed by atoms with Gasteiger partial charge in [-0.1, -0.05) is 24.3 Å². The summed E-state index contributed by atoms with van der Waals surface area (Å²) < 4.78 is 0. The number of benzene rings is 1. The molecule has 0 fully saturated rings. The monoisotopic (exact) mass is 436 g/mol. The summed E-state index contributed by atoms with van der Waals surface area (Å²) in [5.74, 6) is 0.188. The highest BCUT2D eigenvalue weighted by Gasteiger charge is 2.30. The van der Waals surface area contributed by atoms with E-state index >= 15 is 0 Å². The van der Waals surface area contributed by atoms with E-state index in [0.29, 0.717) is 35.6 Å². The van der Waals surface area contributed by atoms with Gasteiger partial charge in [0, 0.05) is 27.2 Å². The molecular formula is C22H20N4O2S2. The number of fused-ring (bicyclic) bond motifs is 2. The molecule has 1 amide bonds. The number of hydrogen-bond donors (Lipinski definition) is 2. The number of hydrogen-bond acceptors (Lipinski definition) is 6. The molecule has 0 bridgehead atoms. The zero-order chi connectivity index (χ0) is 20.8. The number of aromatic amines is 1. The predicted molar refractivity (Wildman–Crippen MR) is 121 cm³/mol. The molecule has 30 heavy (non-hydrogen) atoms. The smallest absolute Gasteiger partial charge is 0.260 e. The van der Waals surface area contributed by atoms with Crippen molar-refractivity contribution in [3.05, 3.63) is 74.0 Å². The van der Waals surface area contributed by atoms with Gasteiger partial charge in [-0.3, -0.25) is 14.5 Å². The van der Waals surface area contributed by atoms with Crippen LogP contribution in [0.2, 0.25) is 0 Å². The van der Waals surface area contributed by atoms with E-state index in [0.717, 1.165) is 16.0 Å². The van der Waals surface area contributed by atoms with Crippen LogP contribution in [0.25, 0.3) is 20.7 Å². The molecule has 5 rings (SSSR count). The minimum absolute atomic E-state index is 0.148. The van der Waals surface area contributed by atoms with E-state index in [2.05, 4.69) is 24.0 Å². The highest BCUT2D eigenvalue weighted by Crippen LogP contribution is 2.35. The first-order chi connectivity index (χ1) is 14.5. The molecule has 1 aromatic carbocycles. The maximum absolute atomic E-state index is 12.9. The molecule has 4 heterocycles. The average Bonchev–Trinajstić information content (AvgIpc) is 3.33. The molecule has 1 aliphatic rings. The Labute approximate surface area is 181 Å². The second-order valence-corrected chi connectivity index (χ2v) is 9.69. The first-order valence-corrected chi connectivity index (χ1v) is 11.4. The predicted octanol–water partition coefficient (Wildman–Crippen LogP) is 3.43. The topological polar surface area (TPSA) is 92.1 Å². The Balaban J connectivity index is 1.49. The van der Waals surface area contributed by atoms with E-state index in [1.165, 1.54) is 21.8 Å². The third-order valence-electron chi connectivity index (χ3n) is 5.53.